The van der Waals surface area contributed by atoms with E-state index in [9.17, 15) is 0 Å². The second-order valence-electron chi connectivity index (χ2n) is 4.69. The van der Waals surface area contributed by atoms with E-state index in [2.05, 4.69) is 30.2 Å². The van der Waals surface area contributed by atoms with Crippen LogP contribution >= 0.6 is 0 Å². The first-order chi connectivity index (χ1) is 9.10. The molecule has 2 aromatic rings. The second kappa shape index (κ2) is 5.89. The highest BCUT2D eigenvalue weighted by atomic mass is 16.6. The first-order valence-corrected chi connectivity index (χ1v) is 6.51. The summed E-state index contributed by atoms with van der Waals surface area (Å²) in [6, 6.07) is 4.13. The molecule has 0 bridgehead atoms. The Hall–Kier alpha value is -1.81. The molecule has 0 aliphatic carbocycles. The van der Waals surface area contributed by atoms with E-state index in [0.29, 0.717) is 12.6 Å². The quantitative estimate of drug-likeness (QED) is 0.893. The topological polar surface area (TPSA) is 47.3 Å². The molecular weight excluding hydrogens is 240 g/mol. The molecule has 19 heavy (non-hydrogen) atoms. The van der Waals surface area contributed by atoms with Gasteiger partial charge in [-0.15, -0.1) is 0 Å². The van der Waals surface area contributed by atoms with E-state index in [1.54, 1.807) is 6.26 Å². The molecule has 0 aliphatic heterocycles. The fourth-order valence-corrected chi connectivity index (χ4v) is 1.87. The van der Waals surface area contributed by atoms with Crippen LogP contribution in [-0.2, 0) is 6.54 Å². The van der Waals surface area contributed by atoms with Gasteiger partial charge in [0.05, 0.1) is 5.69 Å². The zero-order valence-corrected chi connectivity index (χ0v) is 11.9. The van der Waals surface area contributed by atoms with Gasteiger partial charge in [0.1, 0.15) is 12.0 Å². The predicted molar refractivity (Wildman–Crippen MR) is 74.6 cm³/mol. The second-order valence-corrected chi connectivity index (χ2v) is 4.69. The lowest BCUT2D eigenvalue weighted by molar-refractivity contribution is 0.329. The zero-order valence-electron chi connectivity index (χ0n) is 11.9. The fourth-order valence-electron chi connectivity index (χ4n) is 1.87. The summed E-state index contributed by atoms with van der Waals surface area (Å²) in [4.78, 5) is 4.29. The summed E-state index contributed by atoms with van der Waals surface area (Å²) in [5.74, 6) is 0.800. The summed E-state index contributed by atoms with van der Waals surface area (Å²) in [7, 11) is 0. The molecule has 0 aliphatic rings. The van der Waals surface area contributed by atoms with Crippen LogP contribution in [0.4, 0.5) is 0 Å². The first-order valence-electron chi connectivity index (χ1n) is 6.51. The van der Waals surface area contributed by atoms with Crippen LogP contribution in [0.15, 0.2) is 22.8 Å². The SMILES string of the molecule is CCNCc1coc(Oc2cc(C)cc(C)c2C)n1. The van der Waals surface area contributed by atoms with Crippen molar-refractivity contribution in [1.82, 2.24) is 10.3 Å². The molecule has 0 atom stereocenters. The molecule has 1 N–H and O–H groups in total. The van der Waals surface area contributed by atoms with Crippen molar-refractivity contribution in [1.29, 1.82) is 0 Å². The molecule has 0 spiro atoms. The fraction of sp³-hybridized carbons (Fsp3) is 0.400. The van der Waals surface area contributed by atoms with E-state index in [4.69, 9.17) is 9.15 Å². The monoisotopic (exact) mass is 260 g/mol. The molecule has 0 amide bonds. The van der Waals surface area contributed by atoms with Gasteiger partial charge < -0.3 is 14.5 Å². The Morgan fingerprint density at radius 3 is 2.79 bits per heavy atom. The molecule has 4 nitrogen and oxygen atoms in total. The van der Waals surface area contributed by atoms with E-state index in [1.807, 2.05) is 19.9 Å². The minimum atomic E-state index is 0.293. The molecule has 1 heterocycles. The van der Waals surface area contributed by atoms with Gasteiger partial charge in [0.15, 0.2) is 0 Å². The lowest BCUT2D eigenvalue weighted by Gasteiger charge is -2.09. The Morgan fingerprint density at radius 2 is 2.05 bits per heavy atom. The number of aromatic nitrogens is 1. The molecule has 1 aromatic carbocycles. The maximum absolute atomic E-state index is 5.73. The van der Waals surface area contributed by atoms with Crippen LogP contribution in [0, 0.1) is 20.8 Å². The largest absolute Gasteiger partial charge is 0.417 e. The van der Waals surface area contributed by atoms with E-state index in [1.165, 1.54) is 5.56 Å². The minimum absolute atomic E-state index is 0.293. The molecule has 2 rings (SSSR count). The lowest BCUT2D eigenvalue weighted by atomic mass is 10.1. The highest BCUT2D eigenvalue weighted by molar-refractivity contribution is 5.42. The molecule has 1 aromatic heterocycles. The molecular formula is C15H20N2O2. The average molecular weight is 260 g/mol. The van der Waals surface area contributed by atoms with Crippen LogP contribution in [-0.4, -0.2) is 11.5 Å². The van der Waals surface area contributed by atoms with Gasteiger partial charge in [-0.2, -0.15) is 4.98 Å². The first kappa shape index (κ1) is 13.6. The van der Waals surface area contributed by atoms with Gasteiger partial charge in [-0.25, -0.2) is 0 Å². The van der Waals surface area contributed by atoms with E-state index >= 15 is 0 Å². The van der Waals surface area contributed by atoms with Crippen molar-refractivity contribution in [2.24, 2.45) is 0 Å². The molecule has 102 valence electrons. The Morgan fingerprint density at radius 1 is 1.26 bits per heavy atom. The zero-order chi connectivity index (χ0) is 13.8. The molecule has 0 radical (unpaired) electrons. The van der Waals surface area contributed by atoms with Crippen molar-refractivity contribution >= 4 is 0 Å². The minimum Gasteiger partial charge on any atom is -0.417 e. The number of nitrogens with zero attached hydrogens (tertiary/aromatic N) is 1. The van der Waals surface area contributed by atoms with Crippen LogP contribution in [0.3, 0.4) is 0 Å². The number of hydrogen-bond donors (Lipinski definition) is 1. The Kier molecular flexibility index (Phi) is 4.22. The average Bonchev–Trinajstić information content (AvgIpc) is 2.80. The smallest absolute Gasteiger partial charge is 0.399 e. The number of aryl methyl sites for hydroxylation is 2. The molecule has 0 saturated heterocycles. The third-order valence-electron chi connectivity index (χ3n) is 3.05. The summed E-state index contributed by atoms with van der Waals surface area (Å²) in [5.41, 5.74) is 4.32. The molecule has 0 unspecified atom stereocenters. The van der Waals surface area contributed by atoms with Gasteiger partial charge in [-0.05, 0) is 50.1 Å². The Bertz CT molecular complexity index is 561. The molecule has 0 fully saturated rings. The number of oxazole rings is 1. The Labute approximate surface area is 113 Å². The third kappa shape index (κ3) is 3.35. The summed E-state index contributed by atoms with van der Waals surface area (Å²) < 4.78 is 11.1. The maximum Gasteiger partial charge on any atom is 0.399 e. The van der Waals surface area contributed by atoms with Crippen LogP contribution < -0.4 is 10.1 Å². The van der Waals surface area contributed by atoms with Crippen LogP contribution in [0.1, 0.15) is 29.3 Å². The van der Waals surface area contributed by atoms with Gasteiger partial charge in [0.2, 0.25) is 0 Å². The van der Waals surface area contributed by atoms with Gasteiger partial charge in [-0.3, -0.25) is 0 Å². The van der Waals surface area contributed by atoms with Crippen LogP contribution in [0.2, 0.25) is 0 Å². The van der Waals surface area contributed by atoms with Crippen LogP contribution in [0.25, 0.3) is 0 Å². The summed E-state index contributed by atoms with van der Waals surface area (Å²) >= 11 is 0. The van der Waals surface area contributed by atoms with Crippen molar-refractivity contribution in [2.75, 3.05) is 6.54 Å². The van der Waals surface area contributed by atoms with Crippen molar-refractivity contribution < 1.29 is 9.15 Å². The van der Waals surface area contributed by atoms with Gasteiger partial charge in [0, 0.05) is 6.54 Å². The highest BCUT2D eigenvalue weighted by Crippen LogP contribution is 2.27. The lowest BCUT2D eigenvalue weighted by Crippen LogP contribution is -2.11. The van der Waals surface area contributed by atoms with E-state index in [-0.39, 0.29) is 0 Å². The summed E-state index contributed by atoms with van der Waals surface area (Å²) in [6.07, 6.45) is 1.91. The van der Waals surface area contributed by atoms with E-state index in [0.717, 1.165) is 29.1 Å². The van der Waals surface area contributed by atoms with Gasteiger partial charge in [0.25, 0.3) is 0 Å². The summed E-state index contributed by atoms with van der Waals surface area (Å²) in [5, 5.41) is 3.19. The van der Waals surface area contributed by atoms with Crippen molar-refractivity contribution in [3.05, 3.63) is 40.8 Å². The number of ether oxygens (including phenoxy) is 1. The standard InChI is InChI=1S/C15H20N2O2/c1-5-16-8-13-9-18-15(17-13)19-14-7-10(2)6-11(3)12(14)4/h6-7,9,16H,5,8H2,1-4H3. The number of rotatable bonds is 5. The van der Waals surface area contributed by atoms with Crippen molar-refractivity contribution in [3.63, 3.8) is 0 Å². The summed E-state index contributed by atoms with van der Waals surface area (Å²) in [6.45, 7) is 9.80. The Balaban J connectivity index is 2.15. The maximum atomic E-state index is 5.73. The predicted octanol–water partition coefficient (Wildman–Crippen LogP) is 3.50. The highest BCUT2D eigenvalue weighted by Gasteiger charge is 2.10. The number of benzene rings is 1. The number of hydrogen-bond acceptors (Lipinski definition) is 4. The van der Waals surface area contributed by atoms with Crippen molar-refractivity contribution in [2.45, 2.75) is 34.2 Å². The van der Waals surface area contributed by atoms with Crippen LogP contribution in [0.5, 0.6) is 11.8 Å². The van der Waals surface area contributed by atoms with Gasteiger partial charge >= 0.3 is 6.08 Å². The van der Waals surface area contributed by atoms with Crippen molar-refractivity contribution in [3.8, 4) is 11.8 Å². The van der Waals surface area contributed by atoms with Gasteiger partial charge in [-0.1, -0.05) is 13.0 Å². The number of nitrogens with one attached hydrogen (secondary N) is 1. The molecule has 4 heteroatoms. The van der Waals surface area contributed by atoms with E-state index < -0.39 is 0 Å². The normalized spacial score (nSPS) is 10.7. The third-order valence-corrected chi connectivity index (χ3v) is 3.05. The molecule has 0 saturated carbocycles.